The molecule has 3 aromatic heterocycles. The Hall–Kier alpha value is -2.21. The first-order valence-corrected chi connectivity index (χ1v) is 6.28. The molecule has 0 fully saturated rings. The summed E-state index contributed by atoms with van der Waals surface area (Å²) in [5.41, 5.74) is 1.03. The molecular formula is C13H8BrN3O2. The Bertz CT molecular complexity index is 754. The number of imidazole rings is 1. The third-order valence-corrected chi connectivity index (χ3v) is 2.97. The lowest BCUT2D eigenvalue weighted by molar-refractivity contribution is 0.111. The van der Waals surface area contributed by atoms with Crippen LogP contribution < -0.4 is 4.74 Å². The van der Waals surface area contributed by atoms with Gasteiger partial charge in [-0.2, -0.15) is 4.98 Å². The lowest BCUT2D eigenvalue weighted by atomic mass is 10.4. The second-order valence-electron chi connectivity index (χ2n) is 3.79. The van der Waals surface area contributed by atoms with Gasteiger partial charge in [-0.3, -0.25) is 14.2 Å². The van der Waals surface area contributed by atoms with Gasteiger partial charge in [0.1, 0.15) is 11.4 Å². The van der Waals surface area contributed by atoms with Crippen molar-refractivity contribution < 1.29 is 9.53 Å². The van der Waals surface area contributed by atoms with Gasteiger partial charge in [-0.25, -0.2) is 0 Å². The van der Waals surface area contributed by atoms with Crippen LogP contribution in [0.2, 0.25) is 0 Å². The van der Waals surface area contributed by atoms with E-state index in [1.165, 1.54) is 0 Å². The summed E-state index contributed by atoms with van der Waals surface area (Å²) in [6.07, 6.45) is 5.69. The molecule has 6 heteroatoms. The van der Waals surface area contributed by atoms with Crippen molar-refractivity contribution in [1.29, 1.82) is 0 Å². The Morgan fingerprint density at radius 1 is 1.32 bits per heavy atom. The zero-order valence-electron chi connectivity index (χ0n) is 9.65. The predicted molar refractivity (Wildman–Crippen MR) is 72.6 cm³/mol. The summed E-state index contributed by atoms with van der Waals surface area (Å²) in [7, 11) is 0. The minimum Gasteiger partial charge on any atom is -0.435 e. The Kier molecular flexibility index (Phi) is 3.00. The third kappa shape index (κ3) is 2.22. The van der Waals surface area contributed by atoms with Gasteiger partial charge in [-0.05, 0) is 34.1 Å². The Morgan fingerprint density at radius 2 is 2.21 bits per heavy atom. The average molecular weight is 318 g/mol. The molecule has 0 aliphatic heterocycles. The second-order valence-corrected chi connectivity index (χ2v) is 4.71. The van der Waals surface area contributed by atoms with Crippen LogP contribution in [0.1, 0.15) is 10.5 Å². The van der Waals surface area contributed by atoms with Crippen molar-refractivity contribution in [3.8, 4) is 11.6 Å². The fourth-order valence-electron chi connectivity index (χ4n) is 1.74. The largest absolute Gasteiger partial charge is 0.435 e. The van der Waals surface area contributed by atoms with Crippen LogP contribution in [0.3, 0.4) is 0 Å². The van der Waals surface area contributed by atoms with E-state index in [4.69, 9.17) is 4.74 Å². The van der Waals surface area contributed by atoms with Gasteiger partial charge in [0.15, 0.2) is 12.0 Å². The highest BCUT2D eigenvalue weighted by atomic mass is 79.9. The molecule has 0 saturated heterocycles. The van der Waals surface area contributed by atoms with E-state index in [-0.39, 0.29) is 5.88 Å². The van der Waals surface area contributed by atoms with E-state index in [9.17, 15) is 4.79 Å². The minimum atomic E-state index is 0.265. The molecule has 0 atom stereocenters. The first kappa shape index (κ1) is 11.9. The summed E-state index contributed by atoms with van der Waals surface area (Å²) < 4.78 is 8.08. The minimum absolute atomic E-state index is 0.265. The van der Waals surface area contributed by atoms with Crippen molar-refractivity contribution in [2.75, 3.05) is 0 Å². The van der Waals surface area contributed by atoms with Crippen LogP contribution in [0, 0.1) is 0 Å². The summed E-state index contributed by atoms with van der Waals surface area (Å²) in [5.74, 6) is 0.780. The van der Waals surface area contributed by atoms with Gasteiger partial charge in [-0.15, -0.1) is 0 Å². The van der Waals surface area contributed by atoms with Crippen LogP contribution >= 0.6 is 15.9 Å². The van der Waals surface area contributed by atoms with Crippen molar-refractivity contribution in [3.63, 3.8) is 0 Å². The Morgan fingerprint density at radius 3 is 3.00 bits per heavy atom. The van der Waals surface area contributed by atoms with E-state index in [1.54, 1.807) is 35.1 Å². The van der Waals surface area contributed by atoms with E-state index in [0.29, 0.717) is 17.1 Å². The van der Waals surface area contributed by atoms with E-state index >= 15 is 0 Å². The smallest absolute Gasteiger partial charge is 0.249 e. The molecule has 19 heavy (non-hydrogen) atoms. The van der Waals surface area contributed by atoms with Crippen LogP contribution in [0.25, 0.3) is 5.65 Å². The number of carbonyl (C=O) groups is 1. The number of nitrogens with zero attached hydrogens (tertiary/aromatic N) is 3. The standard InChI is InChI=1S/C13H8BrN3O2/c14-9-5-10(7-15-6-9)19-13-11(8-18)17-4-2-1-3-12(17)16-13/h1-8H. The molecule has 0 unspecified atom stereocenters. The highest BCUT2D eigenvalue weighted by Crippen LogP contribution is 2.25. The fraction of sp³-hybridized carbons (Fsp3) is 0. The molecule has 94 valence electrons. The number of aromatic nitrogens is 3. The van der Waals surface area contributed by atoms with Crippen molar-refractivity contribution in [2.45, 2.75) is 0 Å². The van der Waals surface area contributed by atoms with Gasteiger partial charge in [-0.1, -0.05) is 6.07 Å². The molecule has 0 aliphatic rings. The summed E-state index contributed by atoms with van der Waals surface area (Å²) in [6, 6.07) is 7.23. The maximum Gasteiger partial charge on any atom is 0.249 e. The lowest BCUT2D eigenvalue weighted by Gasteiger charge is -2.02. The van der Waals surface area contributed by atoms with Crippen molar-refractivity contribution in [3.05, 3.63) is 53.0 Å². The van der Waals surface area contributed by atoms with Crippen LogP contribution in [0.5, 0.6) is 11.6 Å². The van der Waals surface area contributed by atoms with Crippen molar-refractivity contribution in [1.82, 2.24) is 14.4 Å². The second kappa shape index (κ2) is 4.81. The van der Waals surface area contributed by atoms with Crippen molar-refractivity contribution in [2.24, 2.45) is 0 Å². The molecular weight excluding hydrogens is 310 g/mol. The molecule has 0 amide bonds. The van der Waals surface area contributed by atoms with E-state index in [1.807, 2.05) is 12.1 Å². The maximum absolute atomic E-state index is 11.2. The zero-order chi connectivity index (χ0) is 13.2. The topological polar surface area (TPSA) is 56.5 Å². The molecule has 0 bridgehead atoms. The van der Waals surface area contributed by atoms with Gasteiger partial charge in [0.2, 0.25) is 5.88 Å². The highest BCUT2D eigenvalue weighted by Gasteiger charge is 2.13. The van der Waals surface area contributed by atoms with E-state index < -0.39 is 0 Å². The maximum atomic E-state index is 11.2. The number of hydrogen-bond acceptors (Lipinski definition) is 4. The van der Waals surface area contributed by atoms with Gasteiger partial charge >= 0.3 is 0 Å². The first-order valence-electron chi connectivity index (χ1n) is 5.48. The number of fused-ring (bicyclic) bond motifs is 1. The number of halogens is 1. The third-order valence-electron chi connectivity index (χ3n) is 2.54. The Labute approximate surface area is 117 Å². The fourth-order valence-corrected chi connectivity index (χ4v) is 2.08. The first-order chi connectivity index (χ1) is 9.28. The number of pyridine rings is 2. The normalized spacial score (nSPS) is 10.6. The summed E-state index contributed by atoms with van der Waals surface area (Å²) in [5, 5.41) is 0. The SMILES string of the molecule is O=Cc1c(Oc2cncc(Br)c2)nc2ccccn12. The van der Waals surface area contributed by atoms with Gasteiger partial charge in [0, 0.05) is 16.9 Å². The molecule has 3 heterocycles. The number of carbonyl (C=O) groups excluding carboxylic acids is 1. The molecule has 0 radical (unpaired) electrons. The van der Waals surface area contributed by atoms with Crippen LogP contribution in [-0.2, 0) is 0 Å². The lowest BCUT2D eigenvalue weighted by Crippen LogP contribution is -1.93. The molecule has 0 aliphatic carbocycles. The Balaban J connectivity index is 2.07. The quantitative estimate of drug-likeness (QED) is 0.696. The summed E-state index contributed by atoms with van der Waals surface area (Å²) >= 11 is 3.31. The summed E-state index contributed by atoms with van der Waals surface area (Å²) in [4.78, 5) is 19.5. The van der Waals surface area contributed by atoms with Crippen LogP contribution in [0.4, 0.5) is 0 Å². The van der Waals surface area contributed by atoms with Crippen molar-refractivity contribution >= 4 is 27.9 Å². The molecule has 5 nitrogen and oxygen atoms in total. The van der Waals surface area contributed by atoms with E-state index in [0.717, 1.165) is 10.8 Å². The van der Waals surface area contributed by atoms with Crippen LogP contribution in [-0.4, -0.2) is 20.7 Å². The summed E-state index contributed by atoms with van der Waals surface area (Å²) in [6.45, 7) is 0. The molecule has 0 saturated carbocycles. The number of hydrogen-bond donors (Lipinski definition) is 0. The number of ether oxygens (including phenoxy) is 1. The van der Waals surface area contributed by atoms with Gasteiger partial charge < -0.3 is 4.74 Å². The van der Waals surface area contributed by atoms with E-state index in [2.05, 4.69) is 25.9 Å². The molecule has 3 rings (SSSR count). The number of rotatable bonds is 3. The zero-order valence-corrected chi connectivity index (χ0v) is 11.2. The number of aldehydes is 1. The monoisotopic (exact) mass is 317 g/mol. The molecule has 0 spiro atoms. The predicted octanol–water partition coefficient (Wildman–Crippen LogP) is 3.10. The van der Waals surface area contributed by atoms with Crippen LogP contribution in [0.15, 0.2) is 47.3 Å². The molecule has 3 aromatic rings. The van der Waals surface area contributed by atoms with Gasteiger partial charge in [0.25, 0.3) is 0 Å². The molecule has 0 aromatic carbocycles. The average Bonchev–Trinajstić information content (AvgIpc) is 2.75. The van der Waals surface area contributed by atoms with Gasteiger partial charge in [0.05, 0.1) is 6.20 Å². The highest BCUT2D eigenvalue weighted by molar-refractivity contribution is 9.10. The molecule has 0 N–H and O–H groups in total.